The summed E-state index contributed by atoms with van der Waals surface area (Å²) in [4.78, 5) is 19.1. The molecule has 4 aromatic heterocycles. The molecule has 0 fully saturated rings. The maximum Gasteiger partial charge on any atom is 0.235 e. The maximum atomic E-state index is 5.17. The highest BCUT2D eigenvalue weighted by Crippen LogP contribution is 2.42. The number of thiophene rings is 1. The van der Waals surface area contributed by atoms with E-state index in [0.29, 0.717) is 5.95 Å². The van der Waals surface area contributed by atoms with Gasteiger partial charge >= 0.3 is 0 Å². The molecule has 0 aliphatic carbocycles. The highest BCUT2D eigenvalue weighted by Gasteiger charge is 2.20. The molecule has 0 atom stereocenters. The van der Waals surface area contributed by atoms with E-state index in [-0.39, 0.29) is 0 Å². The summed E-state index contributed by atoms with van der Waals surface area (Å²) in [6.07, 6.45) is 3.53. The third-order valence-electron chi connectivity index (χ3n) is 6.77. The Bertz CT molecular complexity index is 2110. The maximum absolute atomic E-state index is 5.17. The zero-order valence-electron chi connectivity index (χ0n) is 19.0. The Balaban J connectivity index is 1.55. The molecule has 0 saturated heterocycles. The first kappa shape index (κ1) is 19.6. The van der Waals surface area contributed by atoms with E-state index in [9.17, 15) is 0 Å². The van der Waals surface area contributed by atoms with Crippen LogP contribution in [0.25, 0.3) is 70.2 Å². The molecule has 36 heavy (non-hydrogen) atoms. The highest BCUT2D eigenvalue weighted by atomic mass is 32.1. The average Bonchev–Trinajstić information content (AvgIpc) is 3.48. The number of aromatic nitrogens is 5. The first-order valence-electron chi connectivity index (χ1n) is 11.7. The Labute approximate surface area is 209 Å². The fourth-order valence-corrected chi connectivity index (χ4v) is 6.29. The standard InChI is InChI=1S/C30H17N5S/c1-2-8-18(9-3-1)28-19-10-4-6-12-21(19)33-30(34-28)35-22-13-7-5-11-20(22)26-23(35)14-15-24-27(26)29-25(36-24)16-31-17-32-29/h1-17H. The van der Waals surface area contributed by atoms with Gasteiger partial charge in [-0.2, -0.15) is 0 Å². The van der Waals surface area contributed by atoms with Crippen molar-refractivity contribution in [2.75, 3.05) is 0 Å². The molecule has 0 saturated carbocycles. The van der Waals surface area contributed by atoms with E-state index in [2.05, 4.69) is 75.2 Å². The predicted molar refractivity (Wildman–Crippen MR) is 148 cm³/mol. The van der Waals surface area contributed by atoms with E-state index in [1.165, 1.54) is 10.1 Å². The number of nitrogens with zero attached hydrogens (tertiary/aromatic N) is 5. The Morgan fingerprint density at radius 1 is 0.639 bits per heavy atom. The van der Waals surface area contributed by atoms with Crippen molar-refractivity contribution in [1.29, 1.82) is 0 Å². The predicted octanol–water partition coefficient (Wildman–Crippen LogP) is 7.55. The van der Waals surface area contributed by atoms with E-state index >= 15 is 0 Å². The van der Waals surface area contributed by atoms with Crippen LogP contribution in [0.4, 0.5) is 0 Å². The van der Waals surface area contributed by atoms with Crippen LogP contribution in [-0.4, -0.2) is 24.5 Å². The van der Waals surface area contributed by atoms with Gasteiger partial charge < -0.3 is 0 Å². The zero-order chi connectivity index (χ0) is 23.6. The first-order valence-corrected chi connectivity index (χ1v) is 12.6. The van der Waals surface area contributed by atoms with Gasteiger partial charge in [-0.25, -0.2) is 19.9 Å². The van der Waals surface area contributed by atoms with Gasteiger partial charge in [-0.15, -0.1) is 11.3 Å². The zero-order valence-corrected chi connectivity index (χ0v) is 19.8. The minimum absolute atomic E-state index is 0.660. The molecule has 0 radical (unpaired) electrons. The third-order valence-corrected chi connectivity index (χ3v) is 7.85. The Morgan fingerprint density at radius 3 is 2.36 bits per heavy atom. The van der Waals surface area contributed by atoms with Crippen LogP contribution >= 0.6 is 11.3 Å². The van der Waals surface area contributed by atoms with Crippen LogP contribution in [0, 0.1) is 0 Å². The smallest absolute Gasteiger partial charge is 0.235 e. The molecule has 8 rings (SSSR count). The number of hydrogen-bond donors (Lipinski definition) is 0. The van der Waals surface area contributed by atoms with Crippen molar-refractivity contribution in [1.82, 2.24) is 24.5 Å². The number of para-hydroxylation sites is 2. The van der Waals surface area contributed by atoms with Gasteiger partial charge in [0, 0.05) is 38.0 Å². The Morgan fingerprint density at radius 2 is 1.44 bits per heavy atom. The summed E-state index contributed by atoms with van der Waals surface area (Å²) in [6, 6.07) is 31.4. The number of fused-ring (bicyclic) bond motifs is 8. The monoisotopic (exact) mass is 479 g/mol. The normalized spacial score (nSPS) is 11.9. The molecule has 4 aromatic carbocycles. The van der Waals surface area contributed by atoms with Gasteiger partial charge in [0.25, 0.3) is 0 Å². The molecule has 6 heteroatoms. The number of rotatable bonds is 2. The summed E-state index contributed by atoms with van der Waals surface area (Å²) >= 11 is 1.73. The lowest BCUT2D eigenvalue weighted by molar-refractivity contribution is 1.01. The third kappa shape index (κ3) is 2.70. The fourth-order valence-electron chi connectivity index (χ4n) is 5.26. The Hall–Kier alpha value is -4.68. The van der Waals surface area contributed by atoms with Crippen molar-refractivity contribution >= 4 is 64.3 Å². The molecule has 0 unspecified atom stereocenters. The largest absolute Gasteiger partial charge is 0.278 e. The number of benzene rings is 4. The van der Waals surface area contributed by atoms with E-state index in [0.717, 1.165) is 54.2 Å². The quantitative estimate of drug-likeness (QED) is 0.257. The molecule has 0 N–H and O–H groups in total. The molecule has 0 bridgehead atoms. The molecule has 0 amide bonds. The molecule has 0 aliphatic rings. The minimum Gasteiger partial charge on any atom is -0.278 e. The van der Waals surface area contributed by atoms with E-state index in [1.807, 2.05) is 36.5 Å². The summed E-state index contributed by atoms with van der Waals surface area (Å²) in [7, 11) is 0. The van der Waals surface area contributed by atoms with Crippen LogP contribution in [0.5, 0.6) is 0 Å². The fraction of sp³-hybridized carbons (Fsp3) is 0. The van der Waals surface area contributed by atoms with Crippen molar-refractivity contribution in [2.24, 2.45) is 0 Å². The second-order valence-electron chi connectivity index (χ2n) is 8.78. The van der Waals surface area contributed by atoms with Crippen molar-refractivity contribution < 1.29 is 0 Å². The van der Waals surface area contributed by atoms with Crippen molar-refractivity contribution in [3.8, 4) is 17.2 Å². The molecular formula is C30H17N5S. The summed E-state index contributed by atoms with van der Waals surface area (Å²) in [5.41, 5.74) is 6.04. The van der Waals surface area contributed by atoms with Crippen molar-refractivity contribution in [2.45, 2.75) is 0 Å². The van der Waals surface area contributed by atoms with Crippen molar-refractivity contribution in [3.05, 3.63) is 104 Å². The Kier molecular flexibility index (Phi) is 4.03. The van der Waals surface area contributed by atoms with Gasteiger partial charge in [-0.05, 0) is 24.3 Å². The summed E-state index contributed by atoms with van der Waals surface area (Å²) in [5.74, 6) is 0.660. The summed E-state index contributed by atoms with van der Waals surface area (Å²) in [5, 5.41) is 4.53. The van der Waals surface area contributed by atoms with E-state index < -0.39 is 0 Å². The molecule has 168 valence electrons. The molecule has 5 nitrogen and oxygen atoms in total. The van der Waals surface area contributed by atoms with Crippen LogP contribution in [0.1, 0.15) is 0 Å². The number of hydrogen-bond acceptors (Lipinski definition) is 5. The van der Waals surface area contributed by atoms with Crippen LogP contribution < -0.4 is 0 Å². The average molecular weight is 480 g/mol. The second kappa shape index (κ2) is 7.41. The topological polar surface area (TPSA) is 56.5 Å². The molecule has 0 spiro atoms. The lowest BCUT2D eigenvalue weighted by Gasteiger charge is -2.11. The lowest BCUT2D eigenvalue weighted by Crippen LogP contribution is -2.03. The van der Waals surface area contributed by atoms with E-state index in [1.54, 1.807) is 17.7 Å². The molecule has 4 heterocycles. The SMILES string of the molecule is c1ccc(-c2nc(-n3c4ccccc4c4c5c(ccc43)sc3cncnc35)nc3ccccc23)cc1. The van der Waals surface area contributed by atoms with Crippen LogP contribution in [0.3, 0.4) is 0 Å². The van der Waals surface area contributed by atoms with Gasteiger partial charge in [-0.1, -0.05) is 66.7 Å². The molecule has 8 aromatic rings. The van der Waals surface area contributed by atoms with Gasteiger partial charge in [-0.3, -0.25) is 4.57 Å². The lowest BCUT2D eigenvalue weighted by atomic mass is 10.1. The first-order chi connectivity index (χ1) is 17.9. The van der Waals surface area contributed by atoms with E-state index in [4.69, 9.17) is 9.97 Å². The van der Waals surface area contributed by atoms with Crippen LogP contribution in [0.15, 0.2) is 104 Å². The molecular weight excluding hydrogens is 462 g/mol. The molecule has 0 aliphatic heterocycles. The van der Waals surface area contributed by atoms with Gasteiger partial charge in [0.2, 0.25) is 5.95 Å². The summed E-state index contributed by atoms with van der Waals surface area (Å²) in [6.45, 7) is 0. The minimum atomic E-state index is 0.660. The highest BCUT2D eigenvalue weighted by molar-refractivity contribution is 7.25. The van der Waals surface area contributed by atoms with Crippen molar-refractivity contribution in [3.63, 3.8) is 0 Å². The summed E-state index contributed by atoms with van der Waals surface area (Å²) < 4.78 is 4.48. The van der Waals surface area contributed by atoms with Crippen LogP contribution in [-0.2, 0) is 0 Å². The van der Waals surface area contributed by atoms with Gasteiger partial charge in [0.15, 0.2) is 0 Å². The van der Waals surface area contributed by atoms with Gasteiger partial charge in [0.05, 0.1) is 32.5 Å². The second-order valence-corrected chi connectivity index (χ2v) is 9.86. The van der Waals surface area contributed by atoms with Gasteiger partial charge in [0.1, 0.15) is 6.33 Å². The van der Waals surface area contributed by atoms with Crippen LogP contribution in [0.2, 0.25) is 0 Å².